The highest BCUT2D eigenvalue weighted by atomic mass is 19.1. The van der Waals surface area contributed by atoms with Gasteiger partial charge in [0.2, 0.25) is 0 Å². The molecule has 0 amide bonds. The Kier molecular flexibility index (Phi) is 8.09. The van der Waals surface area contributed by atoms with E-state index in [2.05, 4.69) is 0 Å². The van der Waals surface area contributed by atoms with E-state index in [-0.39, 0.29) is 24.9 Å². The first-order valence-electron chi connectivity index (χ1n) is 12.4. The number of benzene rings is 1. The van der Waals surface area contributed by atoms with E-state index in [1.165, 1.54) is 18.2 Å². The summed E-state index contributed by atoms with van der Waals surface area (Å²) in [6, 6.07) is 5.78. The van der Waals surface area contributed by atoms with Crippen molar-refractivity contribution in [1.29, 1.82) is 0 Å². The summed E-state index contributed by atoms with van der Waals surface area (Å²) in [4.78, 5) is 15.7. The van der Waals surface area contributed by atoms with Gasteiger partial charge in [-0.25, -0.2) is 4.39 Å². The molecule has 0 unspecified atom stereocenters. The summed E-state index contributed by atoms with van der Waals surface area (Å²) in [7, 11) is -2.64. The Morgan fingerprint density at radius 3 is 2.33 bits per heavy atom. The topological polar surface area (TPSA) is 99.9 Å². The van der Waals surface area contributed by atoms with Gasteiger partial charge in [-0.1, -0.05) is 52.0 Å². The lowest BCUT2D eigenvalue weighted by molar-refractivity contribution is -0.139. The predicted molar refractivity (Wildman–Crippen MR) is 126 cm³/mol. The molecule has 1 aromatic carbocycles. The van der Waals surface area contributed by atoms with Crippen LogP contribution in [0.25, 0.3) is 17.2 Å². The number of rotatable bonds is 11. The van der Waals surface area contributed by atoms with Crippen LogP contribution in [0.5, 0.6) is 0 Å². The molecule has 2 rings (SSSR count). The molecule has 7 heteroatoms. The van der Waals surface area contributed by atoms with Crippen molar-refractivity contribution in [2.75, 3.05) is 7.04 Å². The zero-order valence-electron chi connectivity index (χ0n) is 22.4. The smallest absolute Gasteiger partial charge is 0.305 e. The predicted octanol–water partition coefficient (Wildman–Crippen LogP) is 4.88. The highest BCUT2D eigenvalue weighted by molar-refractivity contribution is 5.80. The number of carboxylic acid groups (broad SMARTS) is 1. The molecule has 0 radical (unpaired) electrons. The highest BCUT2D eigenvalue weighted by Gasteiger charge is 2.23. The van der Waals surface area contributed by atoms with Gasteiger partial charge in [-0.3, -0.25) is 9.78 Å². The molecule has 0 saturated heterocycles. The number of nitrogens with zero attached hydrogens (tertiary/aromatic N) is 1. The summed E-state index contributed by atoms with van der Waals surface area (Å²) in [5.41, 5.74) is 3.69. The summed E-state index contributed by atoms with van der Waals surface area (Å²) in [6.45, 7) is 7.50. The normalized spacial score (nSPS) is 15.5. The number of halogens is 1. The molecule has 0 saturated carbocycles. The van der Waals surface area contributed by atoms with Crippen LogP contribution in [-0.2, 0) is 16.1 Å². The summed E-state index contributed by atoms with van der Waals surface area (Å²) in [5.74, 6) is -1.74. The van der Waals surface area contributed by atoms with E-state index in [1.54, 1.807) is 18.2 Å². The fraction of sp³-hybridized carbons (Fsp3) is 0.462. The van der Waals surface area contributed by atoms with Gasteiger partial charge in [0.15, 0.2) is 0 Å². The van der Waals surface area contributed by atoms with Crippen LogP contribution in [0.4, 0.5) is 4.39 Å². The average Bonchev–Trinajstić information content (AvgIpc) is 2.74. The fourth-order valence-electron chi connectivity index (χ4n) is 3.78. The third kappa shape index (κ3) is 7.19. The SMILES string of the molecule is [2H]C([2H])([2H])OCc1c(C(C)C)nc(C(C)C)c(/C=C/[C@@H](O)C[C@@H](O)CC(=O)O)c1-c1ccc(F)cc1. The van der Waals surface area contributed by atoms with E-state index in [4.69, 9.17) is 18.9 Å². The number of hydrogen-bond acceptors (Lipinski definition) is 5. The van der Waals surface area contributed by atoms with Crippen LogP contribution in [-0.4, -0.2) is 45.5 Å². The van der Waals surface area contributed by atoms with Crippen LogP contribution in [0.3, 0.4) is 0 Å². The average molecular weight is 463 g/mol. The Morgan fingerprint density at radius 2 is 1.79 bits per heavy atom. The molecule has 6 nitrogen and oxygen atoms in total. The minimum atomic E-state index is -2.64. The maximum Gasteiger partial charge on any atom is 0.305 e. The van der Waals surface area contributed by atoms with Crippen LogP contribution in [0.1, 0.15) is 79.0 Å². The second kappa shape index (κ2) is 12.0. The number of hydrogen-bond donors (Lipinski definition) is 3. The first kappa shape index (κ1) is 22.2. The molecular formula is C26H34FNO5. The van der Waals surface area contributed by atoms with E-state index >= 15 is 0 Å². The van der Waals surface area contributed by atoms with Crippen molar-refractivity contribution >= 4 is 12.0 Å². The number of aliphatic hydroxyl groups excluding tert-OH is 2. The molecule has 0 bridgehead atoms. The third-order valence-electron chi connectivity index (χ3n) is 5.25. The number of pyridine rings is 1. The van der Waals surface area contributed by atoms with E-state index < -0.39 is 37.5 Å². The third-order valence-corrected chi connectivity index (χ3v) is 5.25. The van der Waals surface area contributed by atoms with E-state index in [0.29, 0.717) is 33.6 Å². The molecule has 2 aromatic rings. The van der Waals surface area contributed by atoms with Gasteiger partial charge in [0.1, 0.15) is 5.82 Å². The Hall–Kier alpha value is -2.61. The maximum atomic E-state index is 13.8. The second-order valence-electron chi connectivity index (χ2n) is 8.67. The van der Waals surface area contributed by atoms with E-state index in [1.807, 2.05) is 27.7 Å². The quantitative estimate of drug-likeness (QED) is 0.440. The summed E-state index contributed by atoms with van der Waals surface area (Å²) < 4.78 is 41.5. The van der Waals surface area contributed by atoms with Crippen molar-refractivity contribution in [3.63, 3.8) is 0 Å². The summed E-state index contributed by atoms with van der Waals surface area (Å²) in [6.07, 6.45) is 0.00916. The number of carboxylic acids is 1. The molecule has 2 atom stereocenters. The Balaban J connectivity index is 2.74. The first-order valence-corrected chi connectivity index (χ1v) is 10.9. The van der Waals surface area contributed by atoms with Crippen LogP contribution < -0.4 is 0 Å². The highest BCUT2D eigenvalue weighted by Crippen LogP contribution is 2.37. The molecule has 3 N–H and O–H groups in total. The molecule has 0 fully saturated rings. The standard InChI is InChI=1S/C26H34FNO5/c1-15(2)25-21(11-10-19(29)12-20(30)13-23(31)32)24(17-6-8-18(27)9-7-17)22(14-33-5)26(28-25)16(3)4/h6-11,15-16,19-20,29-30H,12-14H2,1-5H3,(H,31,32)/b11-10+/t19-,20-/m1/s1/i5D3. The maximum absolute atomic E-state index is 13.8. The second-order valence-corrected chi connectivity index (χ2v) is 8.67. The van der Waals surface area contributed by atoms with Crippen LogP contribution >= 0.6 is 0 Å². The lowest BCUT2D eigenvalue weighted by Crippen LogP contribution is -2.19. The minimum absolute atomic E-state index is 0.0614. The first-order chi connectivity index (χ1) is 16.7. The molecule has 0 aliphatic rings. The van der Waals surface area contributed by atoms with Gasteiger partial charge in [0, 0.05) is 30.3 Å². The number of carbonyl (C=O) groups is 1. The number of aliphatic hydroxyl groups is 2. The lowest BCUT2D eigenvalue weighted by atomic mass is 9.87. The summed E-state index contributed by atoms with van der Waals surface area (Å²) in [5, 5.41) is 29.2. The fourth-order valence-corrected chi connectivity index (χ4v) is 3.78. The Morgan fingerprint density at radius 1 is 1.15 bits per heavy atom. The minimum Gasteiger partial charge on any atom is -0.481 e. The Bertz CT molecular complexity index is 1070. The van der Waals surface area contributed by atoms with Crippen molar-refractivity contribution in [3.05, 3.63) is 58.7 Å². The van der Waals surface area contributed by atoms with Crippen LogP contribution in [0, 0.1) is 5.82 Å². The molecule has 180 valence electrons. The number of ether oxygens (including phenoxy) is 1. The van der Waals surface area contributed by atoms with Crippen LogP contribution in [0.2, 0.25) is 0 Å². The van der Waals surface area contributed by atoms with E-state index in [9.17, 15) is 19.4 Å². The van der Waals surface area contributed by atoms with Crippen molar-refractivity contribution in [3.8, 4) is 11.1 Å². The van der Waals surface area contributed by atoms with Crippen molar-refractivity contribution in [2.45, 2.75) is 71.2 Å². The molecule has 1 heterocycles. The van der Waals surface area contributed by atoms with Gasteiger partial charge in [-0.15, -0.1) is 0 Å². The lowest BCUT2D eigenvalue weighted by Gasteiger charge is -2.23. The molecule has 0 spiro atoms. The molecular weight excluding hydrogens is 425 g/mol. The monoisotopic (exact) mass is 462 g/mol. The Labute approximate surface area is 199 Å². The van der Waals surface area contributed by atoms with Crippen molar-refractivity contribution in [1.82, 2.24) is 4.98 Å². The van der Waals surface area contributed by atoms with Crippen molar-refractivity contribution in [2.24, 2.45) is 0 Å². The van der Waals surface area contributed by atoms with Gasteiger partial charge in [0.25, 0.3) is 0 Å². The molecule has 0 aliphatic carbocycles. The van der Waals surface area contributed by atoms with Gasteiger partial charge in [-0.2, -0.15) is 0 Å². The number of aromatic nitrogens is 1. The number of methoxy groups -OCH3 is 1. The van der Waals surface area contributed by atoms with E-state index in [0.717, 1.165) is 0 Å². The summed E-state index contributed by atoms with van der Waals surface area (Å²) >= 11 is 0. The van der Waals surface area contributed by atoms with Gasteiger partial charge in [-0.05, 0) is 35.1 Å². The van der Waals surface area contributed by atoms with Gasteiger partial charge >= 0.3 is 5.97 Å². The number of aliphatic carboxylic acids is 1. The largest absolute Gasteiger partial charge is 0.481 e. The van der Waals surface area contributed by atoms with Gasteiger partial charge in [0.05, 0.1) is 35.0 Å². The zero-order valence-corrected chi connectivity index (χ0v) is 19.4. The molecule has 33 heavy (non-hydrogen) atoms. The van der Waals surface area contributed by atoms with Crippen LogP contribution in [0.15, 0.2) is 30.3 Å². The van der Waals surface area contributed by atoms with Crippen molar-refractivity contribution < 1.29 is 33.4 Å². The molecule has 0 aliphatic heterocycles. The zero-order chi connectivity index (χ0) is 27.2. The van der Waals surface area contributed by atoms with Gasteiger partial charge < -0.3 is 20.1 Å². The molecule has 1 aromatic heterocycles.